The van der Waals surface area contributed by atoms with Gasteiger partial charge in [0.25, 0.3) is 5.56 Å². The van der Waals surface area contributed by atoms with Crippen LogP contribution in [0.3, 0.4) is 0 Å². The van der Waals surface area contributed by atoms with Crippen LogP contribution < -0.4 is 16.6 Å². The molecule has 0 saturated heterocycles. The van der Waals surface area contributed by atoms with Crippen molar-refractivity contribution < 1.29 is 0 Å². The summed E-state index contributed by atoms with van der Waals surface area (Å²) in [4.78, 5) is 24.0. The lowest BCUT2D eigenvalue weighted by atomic mass is 10.1. The fourth-order valence-corrected chi connectivity index (χ4v) is 2.38. The molecule has 6 nitrogen and oxygen atoms in total. The maximum atomic E-state index is 12.0. The van der Waals surface area contributed by atoms with Crippen molar-refractivity contribution in [2.75, 3.05) is 5.32 Å². The van der Waals surface area contributed by atoms with E-state index in [0.29, 0.717) is 5.02 Å². The minimum atomic E-state index is -0.619. The monoisotopic (exact) mass is 318 g/mol. The van der Waals surface area contributed by atoms with Crippen molar-refractivity contribution in [1.82, 2.24) is 9.13 Å². The second-order valence-electron chi connectivity index (χ2n) is 4.96. The molecule has 0 radical (unpaired) electrons. The summed E-state index contributed by atoms with van der Waals surface area (Å²) in [7, 11) is 2.85. The molecule has 114 valence electrons. The van der Waals surface area contributed by atoms with Gasteiger partial charge in [0.05, 0.1) is 0 Å². The van der Waals surface area contributed by atoms with Crippen LogP contribution in [0.5, 0.6) is 0 Å². The molecular weight excluding hydrogens is 304 g/mol. The number of rotatable bonds is 3. The molecule has 1 N–H and O–H groups in total. The predicted octanol–water partition coefficient (Wildman–Crippen LogP) is 1.78. The molecule has 0 spiro atoms. The summed E-state index contributed by atoms with van der Waals surface area (Å²) in [5.41, 5.74) is -0.334. The molecule has 0 aliphatic carbocycles. The Kier molecular flexibility index (Phi) is 4.38. The lowest BCUT2D eigenvalue weighted by Gasteiger charge is -2.19. The second kappa shape index (κ2) is 6.08. The van der Waals surface area contributed by atoms with E-state index < -0.39 is 11.2 Å². The average molecular weight is 319 g/mol. The standard InChI is InChI=1S/C15H15ClN4O2/c1-9(10-5-4-6-11(16)7-10)18-13-12(8-17)14(21)20(3)15(22)19(13)2/h4-7,9,18H,1-3H3/t9-/m0/s1. The highest BCUT2D eigenvalue weighted by molar-refractivity contribution is 6.30. The van der Waals surface area contributed by atoms with Gasteiger partial charge in [-0.1, -0.05) is 23.7 Å². The van der Waals surface area contributed by atoms with Gasteiger partial charge in [-0.25, -0.2) is 4.79 Å². The zero-order valence-corrected chi connectivity index (χ0v) is 13.2. The number of aromatic nitrogens is 2. The zero-order chi connectivity index (χ0) is 16.4. The van der Waals surface area contributed by atoms with Crippen molar-refractivity contribution in [3.8, 4) is 6.07 Å². The van der Waals surface area contributed by atoms with Crippen molar-refractivity contribution in [2.24, 2.45) is 14.1 Å². The van der Waals surface area contributed by atoms with Crippen molar-refractivity contribution in [3.63, 3.8) is 0 Å². The molecule has 2 rings (SSSR count). The third-order valence-electron chi connectivity index (χ3n) is 3.48. The normalized spacial score (nSPS) is 11.8. The molecule has 22 heavy (non-hydrogen) atoms. The number of nitrogens with one attached hydrogen (secondary N) is 1. The van der Waals surface area contributed by atoms with E-state index in [1.807, 2.05) is 25.1 Å². The molecule has 0 amide bonds. The molecule has 1 aromatic heterocycles. The van der Waals surface area contributed by atoms with Gasteiger partial charge in [-0.15, -0.1) is 0 Å². The van der Waals surface area contributed by atoms with Crippen LogP contribution >= 0.6 is 11.6 Å². The van der Waals surface area contributed by atoms with E-state index >= 15 is 0 Å². The third kappa shape index (κ3) is 2.76. The number of nitriles is 1. The molecule has 0 unspecified atom stereocenters. The molecular formula is C15H15ClN4O2. The number of anilines is 1. The summed E-state index contributed by atoms with van der Waals surface area (Å²) in [5.74, 6) is 0.197. The molecule has 0 saturated carbocycles. The summed E-state index contributed by atoms with van der Waals surface area (Å²) in [6, 6.07) is 8.84. The van der Waals surface area contributed by atoms with Gasteiger partial charge in [-0.2, -0.15) is 5.26 Å². The van der Waals surface area contributed by atoms with E-state index in [-0.39, 0.29) is 17.4 Å². The molecule has 1 atom stereocenters. The van der Waals surface area contributed by atoms with Gasteiger partial charge in [0, 0.05) is 25.2 Å². The van der Waals surface area contributed by atoms with Crippen LogP contribution in [-0.4, -0.2) is 9.13 Å². The topological polar surface area (TPSA) is 79.8 Å². The van der Waals surface area contributed by atoms with Crippen LogP contribution in [-0.2, 0) is 14.1 Å². The van der Waals surface area contributed by atoms with Gasteiger partial charge in [-0.05, 0) is 24.6 Å². The number of hydrogen-bond acceptors (Lipinski definition) is 4. The van der Waals surface area contributed by atoms with Gasteiger partial charge < -0.3 is 5.32 Å². The molecule has 0 aliphatic heterocycles. The molecule has 0 fully saturated rings. The van der Waals surface area contributed by atoms with Crippen molar-refractivity contribution in [2.45, 2.75) is 13.0 Å². The Balaban J connectivity index is 2.53. The Labute approximate surface area is 132 Å². The fraction of sp³-hybridized carbons (Fsp3) is 0.267. The van der Waals surface area contributed by atoms with Crippen molar-refractivity contribution >= 4 is 17.4 Å². The average Bonchev–Trinajstić information content (AvgIpc) is 2.50. The quantitative estimate of drug-likeness (QED) is 0.935. The molecule has 0 aliphatic rings. The zero-order valence-electron chi connectivity index (χ0n) is 12.4. The maximum Gasteiger partial charge on any atom is 0.332 e. The molecule has 7 heteroatoms. The fourth-order valence-electron chi connectivity index (χ4n) is 2.18. The highest BCUT2D eigenvalue weighted by Gasteiger charge is 2.17. The van der Waals surface area contributed by atoms with Gasteiger partial charge in [0.15, 0.2) is 5.56 Å². The number of hydrogen-bond donors (Lipinski definition) is 1. The maximum absolute atomic E-state index is 12.0. The molecule has 2 aromatic rings. The molecule has 1 heterocycles. The highest BCUT2D eigenvalue weighted by Crippen LogP contribution is 2.21. The summed E-state index contributed by atoms with van der Waals surface area (Å²) < 4.78 is 2.16. The van der Waals surface area contributed by atoms with Crippen molar-refractivity contribution in [1.29, 1.82) is 5.26 Å². The summed E-state index contributed by atoms with van der Waals surface area (Å²) in [6.45, 7) is 1.86. The van der Waals surface area contributed by atoms with Gasteiger partial charge >= 0.3 is 5.69 Å². The Bertz CT molecular complexity index is 877. The van der Waals surface area contributed by atoms with Crippen LogP contribution in [0.25, 0.3) is 0 Å². The van der Waals surface area contributed by atoms with E-state index in [9.17, 15) is 14.9 Å². The van der Waals surface area contributed by atoms with E-state index in [0.717, 1.165) is 10.1 Å². The largest absolute Gasteiger partial charge is 0.364 e. The number of nitrogens with zero attached hydrogens (tertiary/aromatic N) is 3. The molecule has 0 bridgehead atoms. The van der Waals surface area contributed by atoms with Gasteiger partial charge in [-0.3, -0.25) is 13.9 Å². The summed E-state index contributed by atoms with van der Waals surface area (Å²) >= 11 is 5.96. The van der Waals surface area contributed by atoms with Crippen LogP contribution in [0.1, 0.15) is 24.1 Å². The minimum Gasteiger partial charge on any atom is -0.364 e. The minimum absolute atomic E-state index is 0.0986. The van der Waals surface area contributed by atoms with Crippen molar-refractivity contribution in [3.05, 3.63) is 61.3 Å². The third-order valence-corrected chi connectivity index (χ3v) is 3.71. The summed E-state index contributed by atoms with van der Waals surface area (Å²) in [5, 5.41) is 12.9. The first-order valence-electron chi connectivity index (χ1n) is 6.59. The first-order chi connectivity index (χ1) is 10.4. The highest BCUT2D eigenvalue weighted by atomic mass is 35.5. The first kappa shape index (κ1) is 15.9. The second-order valence-corrected chi connectivity index (χ2v) is 5.40. The smallest absolute Gasteiger partial charge is 0.332 e. The number of benzene rings is 1. The van der Waals surface area contributed by atoms with Crippen LogP contribution in [0.2, 0.25) is 5.02 Å². The summed E-state index contributed by atoms with van der Waals surface area (Å²) in [6.07, 6.45) is 0. The van der Waals surface area contributed by atoms with E-state index in [1.165, 1.54) is 18.7 Å². The van der Waals surface area contributed by atoms with E-state index in [4.69, 9.17) is 11.6 Å². The Morgan fingerprint density at radius 2 is 1.95 bits per heavy atom. The Morgan fingerprint density at radius 3 is 2.55 bits per heavy atom. The molecule has 1 aromatic carbocycles. The van der Waals surface area contributed by atoms with E-state index in [2.05, 4.69) is 5.32 Å². The lowest BCUT2D eigenvalue weighted by Crippen LogP contribution is -2.40. The van der Waals surface area contributed by atoms with Crippen LogP contribution in [0.4, 0.5) is 5.82 Å². The number of halogens is 1. The van der Waals surface area contributed by atoms with Crippen LogP contribution in [0.15, 0.2) is 33.9 Å². The Hall–Kier alpha value is -2.52. The Morgan fingerprint density at radius 1 is 1.27 bits per heavy atom. The van der Waals surface area contributed by atoms with Crippen LogP contribution in [0, 0.1) is 11.3 Å². The predicted molar refractivity (Wildman–Crippen MR) is 85.1 cm³/mol. The first-order valence-corrected chi connectivity index (χ1v) is 6.96. The van der Waals surface area contributed by atoms with Gasteiger partial charge in [0.2, 0.25) is 0 Å². The lowest BCUT2D eigenvalue weighted by molar-refractivity contribution is 0.678. The van der Waals surface area contributed by atoms with Gasteiger partial charge in [0.1, 0.15) is 11.9 Å². The SMILES string of the molecule is C[C@H](Nc1c(C#N)c(=O)n(C)c(=O)n1C)c1cccc(Cl)c1. The van der Waals surface area contributed by atoms with E-state index in [1.54, 1.807) is 12.1 Å².